The highest BCUT2D eigenvalue weighted by atomic mass is 35.5. The quantitative estimate of drug-likeness (QED) is 0.781. The zero-order valence-corrected chi connectivity index (χ0v) is 11.4. The lowest BCUT2D eigenvalue weighted by atomic mass is 9.98. The SMILES string of the molecule is O=C(c1ccc(Cl)c(F)c1)c1ccc2c(c1)CCCO2. The number of ketones is 1. The number of aryl methyl sites for hydroxylation is 1. The number of rotatable bonds is 2. The maximum absolute atomic E-state index is 13.4. The molecule has 2 nitrogen and oxygen atoms in total. The molecule has 2 aromatic rings. The van der Waals surface area contributed by atoms with Gasteiger partial charge in [-0.2, -0.15) is 0 Å². The fourth-order valence-electron chi connectivity index (χ4n) is 2.31. The largest absolute Gasteiger partial charge is 0.493 e. The van der Waals surface area contributed by atoms with Crippen molar-refractivity contribution in [2.45, 2.75) is 12.8 Å². The first kappa shape index (κ1) is 13.1. The first-order valence-corrected chi connectivity index (χ1v) is 6.78. The Morgan fingerprint density at radius 1 is 1.15 bits per heavy atom. The summed E-state index contributed by atoms with van der Waals surface area (Å²) in [5, 5.41) is 0.0143. The molecule has 0 spiro atoms. The topological polar surface area (TPSA) is 26.3 Å². The van der Waals surface area contributed by atoms with Crippen LogP contribution in [0, 0.1) is 5.82 Å². The number of ether oxygens (including phenoxy) is 1. The molecule has 1 aliphatic rings. The van der Waals surface area contributed by atoms with Gasteiger partial charge in [0, 0.05) is 11.1 Å². The van der Waals surface area contributed by atoms with E-state index in [1.54, 1.807) is 12.1 Å². The molecule has 4 heteroatoms. The molecule has 1 aliphatic heterocycles. The maximum atomic E-state index is 13.4. The van der Waals surface area contributed by atoms with E-state index < -0.39 is 5.82 Å². The summed E-state index contributed by atoms with van der Waals surface area (Å²) in [5.41, 5.74) is 1.86. The van der Waals surface area contributed by atoms with Crippen LogP contribution in [0.5, 0.6) is 5.75 Å². The van der Waals surface area contributed by atoms with Crippen LogP contribution in [0.1, 0.15) is 27.9 Å². The van der Waals surface area contributed by atoms with Crippen LogP contribution in [-0.2, 0) is 6.42 Å². The smallest absolute Gasteiger partial charge is 0.193 e. The lowest BCUT2D eigenvalue weighted by Crippen LogP contribution is -2.10. The molecule has 0 unspecified atom stereocenters. The Kier molecular flexibility index (Phi) is 3.45. The second kappa shape index (κ2) is 5.25. The van der Waals surface area contributed by atoms with Crippen molar-refractivity contribution in [3.05, 3.63) is 63.9 Å². The molecule has 0 bridgehead atoms. The Morgan fingerprint density at radius 2 is 1.90 bits per heavy atom. The summed E-state index contributed by atoms with van der Waals surface area (Å²) < 4.78 is 18.9. The van der Waals surface area contributed by atoms with Crippen molar-refractivity contribution >= 4 is 17.4 Å². The highest BCUT2D eigenvalue weighted by molar-refractivity contribution is 6.30. The van der Waals surface area contributed by atoms with Gasteiger partial charge in [-0.15, -0.1) is 0 Å². The van der Waals surface area contributed by atoms with Gasteiger partial charge in [-0.3, -0.25) is 4.79 Å². The Balaban J connectivity index is 1.95. The fourth-order valence-corrected chi connectivity index (χ4v) is 2.42. The van der Waals surface area contributed by atoms with E-state index in [0.717, 1.165) is 24.2 Å². The van der Waals surface area contributed by atoms with Gasteiger partial charge >= 0.3 is 0 Å². The zero-order chi connectivity index (χ0) is 14.1. The van der Waals surface area contributed by atoms with Gasteiger partial charge in [0.1, 0.15) is 11.6 Å². The molecule has 0 N–H and O–H groups in total. The second-order valence-corrected chi connectivity index (χ2v) is 5.14. The molecule has 2 aromatic carbocycles. The number of fused-ring (bicyclic) bond motifs is 1. The van der Waals surface area contributed by atoms with Gasteiger partial charge in [0.2, 0.25) is 0 Å². The van der Waals surface area contributed by atoms with Crippen molar-refractivity contribution in [1.82, 2.24) is 0 Å². The van der Waals surface area contributed by atoms with Gasteiger partial charge in [0.05, 0.1) is 11.6 Å². The molecule has 0 saturated heterocycles. The summed E-state index contributed by atoms with van der Waals surface area (Å²) >= 11 is 5.62. The normalized spacial score (nSPS) is 13.5. The molecule has 0 radical (unpaired) electrons. The van der Waals surface area contributed by atoms with Crippen LogP contribution >= 0.6 is 11.6 Å². The van der Waals surface area contributed by atoms with E-state index in [1.807, 2.05) is 6.07 Å². The summed E-state index contributed by atoms with van der Waals surface area (Å²) in [6, 6.07) is 9.42. The van der Waals surface area contributed by atoms with Crippen molar-refractivity contribution in [2.24, 2.45) is 0 Å². The minimum atomic E-state index is -0.584. The van der Waals surface area contributed by atoms with Crippen LogP contribution in [0.3, 0.4) is 0 Å². The molecular weight excluding hydrogens is 279 g/mol. The standard InChI is InChI=1S/C16H12ClFO2/c17-13-5-3-12(9-14(13)18)16(19)11-4-6-15-10(8-11)2-1-7-20-15/h3-6,8-9H,1-2,7H2. The van der Waals surface area contributed by atoms with E-state index in [2.05, 4.69) is 0 Å². The Hall–Kier alpha value is -1.87. The summed E-state index contributed by atoms with van der Waals surface area (Å²) in [4.78, 5) is 12.3. The second-order valence-electron chi connectivity index (χ2n) is 4.73. The molecular formula is C16H12ClFO2. The van der Waals surface area contributed by atoms with Crippen molar-refractivity contribution in [3.63, 3.8) is 0 Å². The summed E-state index contributed by atoms with van der Waals surface area (Å²) in [5.74, 6) is 0.0304. The van der Waals surface area contributed by atoms with E-state index >= 15 is 0 Å². The van der Waals surface area contributed by atoms with E-state index in [4.69, 9.17) is 16.3 Å². The van der Waals surface area contributed by atoms with Gasteiger partial charge in [-0.25, -0.2) is 4.39 Å². The molecule has 102 valence electrons. The molecule has 20 heavy (non-hydrogen) atoms. The van der Waals surface area contributed by atoms with Gasteiger partial charge in [-0.1, -0.05) is 11.6 Å². The fraction of sp³-hybridized carbons (Fsp3) is 0.188. The third-order valence-corrected chi connectivity index (χ3v) is 3.66. The van der Waals surface area contributed by atoms with E-state index in [1.165, 1.54) is 18.2 Å². The van der Waals surface area contributed by atoms with E-state index in [0.29, 0.717) is 17.7 Å². The molecule has 0 saturated carbocycles. The summed E-state index contributed by atoms with van der Waals surface area (Å²) in [6.07, 6.45) is 1.84. The lowest BCUT2D eigenvalue weighted by molar-refractivity contribution is 0.103. The molecule has 0 amide bonds. The predicted octanol–water partition coefficient (Wildman–Crippen LogP) is 4.04. The van der Waals surface area contributed by atoms with Crippen LogP contribution in [0.15, 0.2) is 36.4 Å². The summed E-state index contributed by atoms with van der Waals surface area (Å²) in [7, 11) is 0. The predicted molar refractivity (Wildman–Crippen MR) is 75.1 cm³/mol. The van der Waals surface area contributed by atoms with Crippen LogP contribution < -0.4 is 4.74 Å². The van der Waals surface area contributed by atoms with Crippen molar-refractivity contribution in [1.29, 1.82) is 0 Å². The first-order chi connectivity index (χ1) is 9.65. The molecule has 0 fully saturated rings. The van der Waals surface area contributed by atoms with Crippen LogP contribution in [0.4, 0.5) is 4.39 Å². The van der Waals surface area contributed by atoms with Crippen LogP contribution in [0.25, 0.3) is 0 Å². The molecule has 0 atom stereocenters. The van der Waals surface area contributed by atoms with Crippen LogP contribution in [-0.4, -0.2) is 12.4 Å². The average molecular weight is 291 g/mol. The Labute approximate surface area is 121 Å². The number of benzene rings is 2. The van der Waals surface area contributed by atoms with Crippen molar-refractivity contribution in [2.75, 3.05) is 6.61 Å². The highest BCUT2D eigenvalue weighted by Gasteiger charge is 2.16. The summed E-state index contributed by atoms with van der Waals surface area (Å²) in [6.45, 7) is 0.711. The first-order valence-electron chi connectivity index (χ1n) is 6.40. The minimum Gasteiger partial charge on any atom is -0.493 e. The van der Waals surface area contributed by atoms with Crippen LogP contribution in [0.2, 0.25) is 5.02 Å². The number of halogens is 2. The molecule has 1 heterocycles. The van der Waals surface area contributed by atoms with Gasteiger partial charge in [0.15, 0.2) is 5.78 Å². The Bertz CT molecular complexity index is 682. The monoisotopic (exact) mass is 290 g/mol. The maximum Gasteiger partial charge on any atom is 0.193 e. The van der Waals surface area contributed by atoms with E-state index in [9.17, 15) is 9.18 Å². The van der Waals surface area contributed by atoms with Crippen molar-refractivity contribution < 1.29 is 13.9 Å². The van der Waals surface area contributed by atoms with Crippen molar-refractivity contribution in [3.8, 4) is 5.75 Å². The van der Waals surface area contributed by atoms with E-state index in [-0.39, 0.29) is 10.8 Å². The highest BCUT2D eigenvalue weighted by Crippen LogP contribution is 2.27. The number of hydrogen-bond acceptors (Lipinski definition) is 2. The third-order valence-electron chi connectivity index (χ3n) is 3.35. The Morgan fingerprint density at radius 3 is 2.70 bits per heavy atom. The number of carbonyl (C=O) groups excluding carboxylic acids is 1. The molecule has 3 rings (SSSR count). The number of hydrogen-bond donors (Lipinski definition) is 0. The minimum absolute atomic E-state index is 0.0143. The van der Waals surface area contributed by atoms with Gasteiger partial charge in [-0.05, 0) is 54.8 Å². The lowest BCUT2D eigenvalue weighted by Gasteiger charge is -2.17. The third kappa shape index (κ3) is 2.41. The number of carbonyl (C=O) groups is 1. The zero-order valence-electron chi connectivity index (χ0n) is 10.7. The molecule has 0 aromatic heterocycles. The van der Waals surface area contributed by atoms with Gasteiger partial charge < -0.3 is 4.74 Å². The molecule has 0 aliphatic carbocycles. The van der Waals surface area contributed by atoms with Gasteiger partial charge in [0.25, 0.3) is 0 Å². The average Bonchev–Trinajstić information content (AvgIpc) is 2.49.